The minimum absolute atomic E-state index is 0. The molecule has 1 heterocycles. The van der Waals surface area contributed by atoms with Crippen molar-refractivity contribution in [3.8, 4) is 5.75 Å². The second kappa shape index (κ2) is 9.54. The third-order valence-corrected chi connectivity index (χ3v) is 5.10. The number of ether oxygens (including phenoxy) is 1. The number of halogens is 3. The molecule has 2 fully saturated rings. The first-order valence-corrected chi connectivity index (χ1v) is 8.74. The van der Waals surface area contributed by atoms with Crippen molar-refractivity contribution in [3.63, 3.8) is 0 Å². The number of benzene rings is 1. The van der Waals surface area contributed by atoms with E-state index in [4.69, 9.17) is 4.74 Å². The molecule has 1 aliphatic heterocycles. The number of nitrogens with one attached hydrogen (secondary N) is 1. The van der Waals surface area contributed by atoms with Crippen LogP contribution in [-0.4, -0.2) is 37.7 Å². The van der Waals surface area contributed by atoms with E-state index in [1.807, 2.05) is 12.1 Å². The van der Waals surface area contributed by atoms with Gasteiger partial charge in [-0.2, -0.15) is 8.78 Å². The molecule has 24 heavy (non-hydrogen) atoms. The molecule has 2 aliphatic rings. The lowest BCUT2D eigenvalue weighted by Crippen LogP contribution is -2.47. The van der Waals surface area contributed by atoms with Crippen LogP contribution >= 0.6 is 12.4 Å². The molecule has 0 aromatic heterocycles. The van der Waals surface area contributed by atoms with Crippen molar-refractivity contribution in [2.24, 2.45) is 5.92 Å². The van der Waals surface area contributed by atoms with Gasteiger partial charge in [0.1, 0.15) is 5.75 Å². The maximum Gasteiger partial charge on any atom is 0.387 e. The first-order valence-electron chi connectivity index (χ1n) is 8.74. The lowest BCUT2D eigenvalue weighted by atomic mass is 9.80. The van der Waals surface area contributed by atoms with Gasteiger partial charge in [-0.15, -0.1) is 12.4 Å². The quantitative estimate of drug-likeness (QED) is 0.850. The lowest BCUT2D eigenvalue weighted by Gasteiger charge is -2.41. The van der Waals surface area contributed by atoms with Crippen molar-refractivity contribution >= 4 is 12.4 Å². The predicted octanol–water partition coefficient (Wildman–Crippen LogP) is 4.24. The van der Waals surface area contributed by atoms with Gasteiger partial charge in [0.2, 0.25) is 0 Å². The van der Waals surface area contributed by atoms with Crippen molar-refractivity contribution < 1.29 is 13.5 Å². The molecule has 0 radical (unpaired) electrons. The fraction of sp³-hybridized carbons (Fsp3) is 0.667. The lowest BCUT2D eigenvalue weighted by molar-refractivity contribution is -0.0518. The van der Waals surface area contributed by atoms with Gasteiger partial charge in [0.05, 0.1) is 0 Å². The summed E-state index contributed by atoms with van der Waals surface area (Å²) in [5.74, 6) is 0.876. The molecule has 0 amide bonds. The Morgan fingerprint density at radius 2 is 1.71 bits per heavy atom. The Morgan fingerprint density at radius 3 is 2.38 bits per heavy atom. The van der Waals surface area contributed by atoms with E-state index in [1.165, 1.54) is 32.1 Å². The summed E-state index contributed by atoms with van der Waals surface area (Å²) in [6.45, 7) is 1.07. The SMILES string of the molecule is Cl.FC(F)Oc1ccccc1[C@@H](C1CCCCC1)N1CCNCC1. The average molecular weight is 361 g/mol. The summed E-state index contributed by atoms with van der Waals surface area (Å²) in [6.07, 6.45) is 6.13. The maximum absolute atomic E-state index is 12.8. The van der Waals surface area contributed by atoms with Crippen LogP contribution in [0.25, 0.3) is 0 Å². The first-order chi connectivity index (χ1) is 11.3. The number of hydrogen-bond acceptors (Lipinski definition) is 3. The molecule has 1 saturated heterocycles. The van der Waals surface area contributed by atoms with Crippen LogP contribution in [0.2, 0.25) is 0 Å². The molecule has 3 nitrogen and oxygen atoms in total. The van der Waals surface area contributed by atoms with E-state index in [0.717, 1.165) is 31.7 Å². The van der Waals surface area contributed by atoms with E-state index in [1.54, 1.807) is 12.1 Å². The Balaban J connectivity index is 0.00000208. The van der Waals surface area contributed by atoms with Gasteiger partial charge in [0.25, 0.3) is 0 Å². The van der Waals surface area contributed by atoms with Gasteiger partial charge in [0.15, 0.2) is 0 Å². The summed E-state index contributed by atoms with van der Waals surface area (Å²) in [6, 6.07) is 7.55. The number of para-hydroxylation sites is 1. The summed E-state index contributed by atoms with van der Waals surface area (Å²) in [7, 11) is 0. The van der Waals surface area contributed by atoms with Crippen LogP contribution in [0.15, 0.2) is 24.3 Å². The van der Waals surface area contributed by atoms with Crippen LogP contribution in [0.4, 0.5) is 8.78 Å². The molecule has 3 rings (SSSR count). The average Bonchev–Trinajstić information content (AvgIpc) is 2.58. The van der Waals surface area contributed by atoms with E-state index in [0.29, 0.717) is 11.7 Å². The van der Waals surface area contributed by atoms with Crippen LogP contribution in [0, 0.1) is 5.92 Å². The summed E-state index contributed by atoms with van der Waals surface area (Å²) >= 11 is 0. The largest absolute Gasteiger partial charge is 0.434 e. The molecule has 1 N–H and O–H groups in total. The Morgan fingerprint density at radius 1 is 1.04 bits per heavy atom. The summed E-state index contributed by atoms with van der Waals surface area (Å²) in [5.41, 5.74) is 0.932. The number of rotatable bonds is 5. The van der Waals surface area contributed by atoms with E-state index in [-0.39, 0.29) is 18.4 Å². The minimum atomic E-state index is -2.77. The smallest absolute Gasteiger partial charge is 0.387 e. The van der Waals surface area contributed by atoms with E-state index in [9.17, 15) is 8.78 Å². The van der Waals surface area contributed by atoms with Gasteiger partial charge in [0, 0.05) is 37.8 Å². The molecule has 0 spiro atoms. The van der Waals surface area contributed by atoms with Crippen molar-refractivity contribution in [2.45, 2.75) is 44.8 Å². The molecule has 1 aromatic rings. The van der Waals surface area contributed by atoms with Gasteiger partial charge in [-0.25, -0.2) is 0 Å². The number of alkyl halides is 2. The third kappa shape index (κ3) is 4.80. The monoisotopic (exact) mass is 360 g/mol. The Labute approximate surface area is 149 Å². The highest BCUT2D eigenvalue weighted by molar-refractivity contribution is 5.85. The summed E-state index contributed by atoms with van der Waals surface area (Å²) in [5, 5.41) is 3.38. The zero-order valence-corrected chi connectivity index (χ0v) is 14.7. The standard InChI is InChI=1S/C18H26F2N2O.ClH/c19-18(20)23-16-9-5-4-8-15(16)17(14-6-2-1-3-7-14)22-12-10-21-11-13-22;/h4-5,8-9,14,17-18,21H,1-3,6-7,10-13H2;1H/t17-;/m1./s1. The van der Waals surface area contributed by atoms with Gasteiger partial charge in [-0.1, -0.05) is 37.5 Å². The number of hydrogen-bond donors (Lipinski definition) is 1. The number of piperazine rings is 1. The molecule has 136 valence electrons. The molecule has 1 aromatic carbocycles. The highest BCUT2D eigenvalue weighted by Gasteiger charge is 2.33. The molecule has 0 unspecified atom stereocenters. The van der Waals surface area contributed by atoms with Crippen LogP contribution in [0.3, 0.4) is 0 Å². The normalized spacial score (nSPS) is 21.3. The minimum Gasteiger partial charge on any atom is -0.434 e. The van der Waals surface area contributed by atoms with Crippen LogP contribution in [0.5, 0.6) is 5.75 Å². The highest BCUT2D eigenvalue weighted by Crippen LogP contribution is 2.42. The van der Waals surface area contributed by atoms with E-state index in [2.05, 4.69) is 10.2 Å². The Hall–Kier alpha value is -0.910. The van der Waals surface area contributed by atoms with Crippen molar-refractivity contribution in [1.82, 2.24) is 10.2 Å². The van der Waals surface area contributed by atoms with Crippen molar-refractivity contribution in [2.75, 3.05) is 26.2 Å². The van der Waals surface area contributed by atoms with E-state index < -0.39 is 6.61 Å². The zero-order chi connectivity index (χ0) is 16.1. The second-order valence-corrected chi connectivity index (χ2v) is 6.55. The second-order valence-electron chi connectivity index (χ2n) is 6.55. The molecule has 1 aliphatic carbocycles. The molecule has 0 bridgehead atoms. The molecular weight excluding hydrogens is 334 g/mol. The maximum atomic E-state index is 12.8. The Kier molecular flexibility index (Phi) is 7.72. The molecule has 1 saturated carbocycles. The summed E-state index contributed by atoms with van der Waals surface area (Å²) < 4.78 is 30.4. The van der Waals surface area contributed by atoms with Crippen LogP contribution in [-0.2, 0) is 0 Å². The van der Waals surface area contributed by atoms with Gasteiger partial charge >= 0.3 is 6.61 Å². The van der Waals surface area contributed by atoms with Crippen LogP contribution < -0.4 is 10.1 Å². The Bertz CT molecular complexity index is 474. The van der Waals surface area contributed by atoms with E-state index >= 15 is 0 Å². The third-order valence-electron chi connectivity index (χ3n) is 5.10. The van der Waals surface area contributed by atoms with Gasteiger partial charge in [-0.3, -0.25) is 4.90 Å². The molecular formula is C18H27ClF2N2O. The van der Waals surface area contributed by atoms with Gasteiger partial charge in [-0.05, 0) is 24.8 Å². The summed E-state index contributed by atoms with van der Waals surface area (Å²) in [4.78, 5) is 2.46. The molecule has 6 heteroatoms. The topological polar surface area (TPSA) is 24.5 Å². The highest BCUT2D eigenvalue weighted by atomic mass is 35.5. The zero-order valence-electron chi connectivity index (χ0n) is 13.9. The fourth-order valence-electron chi connectivity index (χ4n) is 4.09. The van der Waals surface area contributed by atoms with Gasteiger partial charge < -0.3 is 10.1 Å². The van der Waals surface area contributed by atoms with Crippen molar-refractivity contribution in [3.05, 3.63) is 29.8 Å². The molecule has 1 atom stereocenters. The van der Waals surface area contributed by atoms with Crippen LogP contribution in [0.1, 0.15) is 43.7 Å². The fourth-order valence-corrected chi connectivity index (χ4v) is 4.09. The predicted molar refractivity (Wildman–Crippen MR) is 94.1 cm³/mol. The van der Waals surface area contributed by atoms with Crippen molar-refractivity contribution in [1.29, 1.82) is 0 Å². The first kappa shape index (κ1) is 19.4. The number of nitrogens with zero attached hydrogens (tertiary/aromatic N) is 1.